The van der Waals surface area contributed by atoms with Crippen molar-refractivity contribution in [2.45, 2.75) is 44.8 Å². The van der Waals surface area contributed by atoms with Crippen molar-refractivity contribution in [1.29, 1.82) is 0 Å². The largest absolute Gasteiger partial charge is 0.443 e. The Bertz CT molecular complexity index is 1240. The number of halogens is 3. The molecule has 0 aliphatic carbocycles. The molecule has 8 nitrogen and oxygen atoms in total. The molecule has 2 aromatic carbocycles. The van der Waals surface area contributed by atoms with Gasteiger partial charge in [-0.1, -0.05) is 36.4 Å². The monoisotopic (exact) mass is 538 g/mol. The van der Waals surface area contributed by atoms with Gasteiger partial charge in [0.1, 0.15) is 17.0 Å². The fourth-order valence-electron chi connectivity index (χ4n) is 4.18. The highest BCUT2D eigenvalue weighted by molar-refractivity contribution is 8.26. The van der Waals surface area contributed by atoms with E-state index in [1.54, 1.807) is 45.0 Å². The number of aliphatic imine (C=N–C) groups is 1. The predicted octanol–water partition coefficient (Wildman–Crippen LogP) is 5.14. The Balaban J connectivity index is 1.95. The SMILES string of the molecule is CC(C)(C)OC(=O)N(C(=O)c1ccccc1)C1=N[C@](C)(c2ccccc2F)CS2(O)NCC(F)(F)CN12. The van der Waals surface area contributed by atoms with Crippen molar-refractivity contribution in [1.82, 2.24) is 13.9 Å². The molecule has 2 amide bonds. The summed E-state index contributed by atoms with van der Waals surface area (Å²) in [6, 6.07) is 13.4. The molecule has 0 radical (unpaired) electrons. The van der Waals surface area contributed by atoms with Gasteiger partial charge < -0.3 is 9.29 Å². The number of amides is 2. The third-order valence-electron chi connectivity index (χ3n) is 5.81. The minimum atomic E-state index is -3.32. The van der Waals surface area contributed by atoms with Crippen LogP contribution in [0.4, 0.5) is 18.0 Å². The number of alkyl halides is 2. The van der Waals surface area contributed by atoms with Crippen LogP contribution in [-0.2, 0) is 10.3 Å². The topological polar surface area (TPSA) is 94.5 Å². The van der Waals surface area contributed by atoms with E-state index in [4.69, 9.17) is 4.74 Å². The first kappa shape index (κ1) is 27.0. The first-order valence-corrected chi connectivity index (χ1v) is 13.3. The molecular formula is C25H29F3N4O4S. The van der Waals surface area contributed by atoms with Crippen molar-refractivity contribution < 1.29 is 32.0 Å². The number of hydrogen-bond acceptors (Lipinski definition) is 7. The van der Waals surface area contributed by atoms with E-state index >= 15 is 0 Å². The summed E-state index contributed by atoms with van der Waals surface area (Å²) >= 11 is 0. The average molecular weight is 539 g/mol. The Morgan fingerprint density at radius 2 is 1.76 bits per heavy atom. The summed E-state index contributed by atoms with van der Waals surface area (Å²) in [6.45, 7) is 4.41. The lowest BCUT2D eigenvalue weighted by molar-refractivity contribution is -0.0120. The Labute approximate surface area is 214 Å². The van der Waals surface area contributed by atoms with Crippen LogP contribution >= 0.6 is 10.7 Å². The summed E-state index contributed by atoms with van der Waals surface area (Å²) in [6.07, 6.45) is -1.17. The van der Waals surface area contributed by atoms with Gasteiger partial charge in [0.05, 0.1) is 18.8 Å². The standard InChI is InChI=1S/C25H29F3N4O4S/c1-23(2,3)36-22(34)32(20(33)17-10-6-5-7-11-17)21-30-24(4,18-12-8-9-13-19(18)26)16-37(35)29-14-25(27,28)15-31(21)37/h5-13,29,35H,14-16H2,1-4H3/t24-/m0/s1. The van der Waals surface area contributed by atoms with Crippen LogP contribution in [-0.4, -0.2) is 62.1 Å². The van der Waals surface area contributed by atoms with E-state index in [1.807, 2.05) is 0 Å². The lowest BCUT2D eigenvalue weighted by atomic mass is 9.94. The van der Waals surface area contributed by atoms with Crippen molar-refractivity contribution in [2.24, 2.45) is 4.99 Å². The molecule has 2 aromatic rings. The zero-order valence-electron chi connectivity index (χ0n) is 20.9. The summed E-state index contributed by atoms with van der Waals surface area (Å²) in [4.78, 5) is 32.2. The molecule has 1 unspecified atom stereocenters. The van der Waals surface area contributed by atoms with Gasteiger partial charge in [0, 0.05) is 21.8 Å². The van der Waals surface area contributed by atoms with Crippen LogP contribution in [0.15, 0.2) is 59.6 Å². The molecule has 2 aliphatic heterocycles. The summed E-state index contributed by atoms with van der Waals surface area (Å²) < 4.78 is 64.7. The molecule has 2 N–H and O–H groups in total. The molecule has 2 heterocycles. The third kappa shape index (κ3) is 5.46. The molecule has 1 saturated heterocycles. The Kier molecular flexibility index (Phi) is 6.80. The number of nitrogens with one attached hydrogen (secondary N) is 1. The zero-order chi connectivity index (χ0) is 27.2. The quantitative estimate of drug-likeness (QED) is 0.550. The highest BCUT2D eigenvalue weighted by Crippen LogP contribution is 2.56. The van der Waals surface area contributed by atoms with Crippen LogP contribution < -0.4 is 4.72 Å². The zero-order valence-corrected chi connectivity index (χ0v) is 21.7. The minimum absolute atomic E-state index is 0.0597. The molecule has 0 spiro atoms. The maximum Gasteiger partial charge on any atom is 0.424 e. The summed E-state index contributed by atoms with van der Waals surface area (Å²) in [5, 5.41) is 0. The van der Waals surface area contributed by atoms with Gasteiger partial charge in [0.25, 0.3) is 11.8 Å². The van der Waals surface area contributed by atoms with Gasteiger partial charge in [-0.05, 0) is 45.9 Å². The number of carbonyl (C=O) groups is 2. The fraction of sp³-hybridized carbons (Fsp3) is 0.400. The van der Waals surface area contributed by atoms with Crippen molar-refractivity contribution in [2.75, 3.05) is 18.8 Å². The van der Waals surface area contributed by atoms with E-state index in [9.17, 15) is 27.3 Å². The van der Waals surface area contributed by atoms with E-state index in [2.05, 4.69) is 9.71 Å². The molecule has 37 heavy (non-hydrogen) atoms. The second-order valence-corrected chi connectivity index (χ2v) is 12.5. The lowest BCUT2D eigenvalue weighted by Gasteiger charge is -2.56. The van der Waals surface area contributed by atoms with Gasteiger partial charge in [-0.15, -0.1) is 0 Å². The molecule has 0 bridgehead atoms. The van der Waals surface area contributed by atoms with Gasteiger partial charge in [0.2, 0.25) is 5.96 Å². The summed E-state index contributed by atoms with van der Waals surface area (Å²) in [5.41, 5.74) is -2.44. The number of hydrogen-bond donors (Lipinski definition) is 2. The average Bonchev–Trinajstić information content (AvgIpc) is 2.79. The van der Waals surface area contributed by atoms with Crippen molar-refractivity contribution >= 4 is 28.6 Å². The van der Waals surface area contributed by atoms with Crippen LogP contribution in [0.25, 0.3) is 0 Å². The smallest absolute Gasteiger partial charge is 0.424 e. The van der Waals surface area contributed by atoms with Crippen molar-refractivity contribution in [3.05, 3.63) is 71.5 Å². The number of nitrogens with zero attached hydrogens (tertiary/aromatic N) is 3. The van der Waals surface area contributed by atoms with Crippen molar-refractivity contribution in [3.8, 4) is 0 Å². The molecule has 0 aromatic heterocycles. The second-order valence-electron chi connectivity index (χ2n) is 10.2. The van der Waals surface area contributed by atoms with Gasteiger partial charge >= 0.3 is 6.09 Å². The molecular weight excluding hydrogens is 509 g/mol. The van der Waals surface area contributed by atoms with Gasteiger partial charge in [-0.3, -0.25) is 9.10 Å². The first-order chi connectivity index (χ1) is 17.1. The van der Waals surface area contributed by atoms with Crippen molar-refractivity contribution in [3.63, 3.8) is 0 Å². The highest BCUT2D eigenvalue weighted by Gasteiger charge is 2.55. The van der Waals surface area contributed by atoms with Gasteiger partial charge in [-0.2, -0.15) is 4.90 Å². The van der Waals surface area contributed by atoms with Crippen LogP contribution in [0.2, 0.25) is 0 Å². The number of ether oxygens (including phenoxy) is 1. The maximum absolute atomic E-state index is 15.0. The fourth-order valence-corrected chi connectivity index (χ4v) is 6.83. The maximum atomic E-state index is 15.0. The molecule has 200 valence electrons. The molecule has 2 aliphatic rings. The van der Waals surface area contributed by atoms with Crippen LogP contribution in [0.1, 0.15) is 43.6 Å². The van der Waals surface area contributed by atoms with Gasteiger partial charge in [0.15, 0.2) is 0 Å². The highest BCUT2D eigenvalue weighted by atomic mass is 32.3. The van der Waals surface area contributed by atoms with Crippen LogP contribution in [0, 0.1) is 5.82 Å². The molecule has 12 heteroatoms. The molecule has 4 rings (SSSR count). The molecule has 1 fully saturated rings. The summed E-state index contributed by atoms with van der Waals surface area (Å²) in [7, 11) is -3.31. The van der Waals surface area contributed by atoms with E-state index in [1.165, 1.54) is 37.3 Å². The van der Waals surface area contributed by atoms with E-state index in [0.29, 0.717) is 4.90 Å². The minimum Gasteiger partial charge on any atom is -0.443 e. The Morgan fingerprint density at radius 1 is 1.14 bits per heavy atom. The Morgan fingerprint density at radius 3 is 2.38 bits per heavy atom. The lowest BCUT2D eigenvalue weighted by Crippen LogP contribution is -2.65. The Hall–Kier alpha value is -3.09. The van der Waals surface area contributed by atoms with Crippen LogP contribution in [0.3, 0.4) is 0 Å². The third-order valence-corrected chi connectivity index (χ3v) is 8.40. The number of benzene rings is 2. The van der Waals surface area contributed by atoms with Gasteiger partial charge in [-0.25, -0.2) is 27.7 Å². The number of imide groups is 1. The van der Waals surface area contributed by atoms with E-state index in [0.717, 1.165) is 4.31 Å². The van der Waals surface area contributed by atoms with E-state index < -0.39 is 64.6 Å². The predicted molar refractivity (Wildman–Crippen MR) is 135 cm³/mol. The van der Waals surface area contributed by atoms with E-state index in [-0.39, 0.29) is 16.9 Å². The first-order valence-electron chi connectivity index (χ1n) is 11.6. The number of guanidine groups is 1. The van der Waals surface area contributed by atoms with Crippen LogP contribution in [0.5, 0.6) is 0 Å². The second kappa shape index (κ2) is 9.34. The normalized spacial score (nSPS) is 26.8. The molecule has 2 atom stereocenters. The number of rotatable bonds is 2. The number of carbonyl (C=O) groups excluding carboxylic acids is 2. The summed E-state index contributed by atoms with van der Waals surface area (Å²) in [5.74, 6) is -5.67. The molecule has 0 saturated carbocycles. The number of fused-ring (bicyclic) bond motifs is 1.